The maximum atomic E-state index is 9.75. The fourth-order valence-corrected chi connectivity index (χ4v) is 0. The van der Waals surface area contributed by atoms with Gasteiger partial charge in [0.05, 0.1) is 0 Å². The van der Waals surface area contributed by atoms with E-state index in [1.54, 1.807) is 0 Å². The Bertz CT molecular complexity index is 282. The monoisotopic (exact) mass is 592 g/mol. The normalized spacial score (nSPS) is 10.7. The van der Waals surface area contributed by atoms with E-state index in [2.05, 4.69) is 17.5 Å². The van der Waals surface area contributed by atoms with Crippen LogP contribution in [-0.4, -0.2) is 114 Å². The van der Waals surface area contributed by atoms with Gasteiger partial charge < -0.3 is 86.5 Å². The van der Waals surface area contributed by atoms with Crippen LogP contribution in [0, 0.1) is 0 Å². The Morgan fingerprint density at radius 1 is 0.222 bits per heavy atom. The van der Waals surface area contributed by atoms with Gasteiger partial charge in [-0.3, -0.25) is 0 Å². The summed E-state index contributed by atoms with van der Waals surface area (Å²) in [5.41, 5.74) is 0. The van der Waals surface area contributed by atoms with Crippen LogP contribution in [0.25, 0.3) is 0 Å². The zero-order valence-corrected chi connectivity index (χ0v) is 22.0. The maximum Gasteiger partial charge on any atom is 0.673 e. The summed E-state index contributed by atoms with van der Waals surface area (Å²) in [6.45, 7) is 0. The predicted octanol–water partition coefficient (Wildman–Crippen LogP) is 6.91. The second-order valence-corrected chi connectivity index (χ2v) is 6.88. The second kappa shape index (κ2) is 30.2. The van der Waals surface area contributed by atoms with Crippen LogP contribution in [-0.2, 0) is 17.5 Å². The molecule has 0 fully saturated rings. The lowest BCUT2D eigenvalue weighted by Crippen LogP contribution is -2.02. The number of halogens is 16. The van der Waals surface area contributed by atoms with E-state index in [4.69, 9.17) is 0 Å². The maximum absolute atomic E-state index is 9.75. The van der Waals surface area contributed by atoms with E-state index in [-0.39, 0.29) is 0 Å². The van der Waals surface area contributed by atoms with Gasteiger partial charge in [0.2, 0.25) is 0 Å². The smallest absolute Gasteiger partial charge is 0.429 e. The lowest BCUT2D eigenvalue weighted by atomic mass is 10.3. The molecule has 24 heteroatoms. The Hall–Kier alpha value is -1.02. The van der Waals surface area contributed by atoms with Gasteiger partial charge in [-0.15, -0.1) is 0 Å². The minimum absolute atomic E-state index is 1.92. The topological polar surface area (TPSA) is 10.8 Å². The molecule has 0 amide bonds. The fourth-order valence-electron chi connectivity index (χ4n) is 0. The predicted molar refractivity (Wildman–Crippen MR) is 116 cm³/mol. The van der Waals surface area contributed by atoms with Crippen LogP contribution >= 0.6 is 0 Å². The fraction of sp³-hybridized carbons (Fsp3) is 1.00. The molecule has 0 atom stereocenters. The average molecular weight is 592 g/mol. The molecule has 0 aromatic heterocycles. The molecule has 0 aromatic carbocycles. The van der Waals surface area contributed by atoms with Gasteiger partial charge in [-0.05, 0) is 0 Å². The first-order chi connectivity index (χ1) is 14.9. The van der Waals surface area contributed by atoms with Gasteiger partial charge >= 0.3 is 29.0 Å². The van der Waals surface area contributed by atoms with Crippen LogP contribution in [0.4, 0.5) is 69.1 Å². The van der Waals surface area contributed by atoms with Crippen LogP contribution in [0.1, 0.15) is 0 Å². The van der Waals surface area contributed by atoms with Crippen LogP contribution in [0.2, 0.25) is 0 Å². The zero-order valence-electron chi connectivity index (χ0n) is 22.0. The van der Waals surface area contributed by atoms with E-state index < -0.39 is 29.0 Å². The number of hydrogen-bond donors (Lipinski definition) is 0. The minimum atomic E-state index is -6.00. The van der Waals surface area contributed by atoms with Gasteiger partial charge in [0.1, 0.15) is 85.3 Å². The van der Waals surface area contributed by atoms with Gasteiger partial charge in [-0.1, -0.05) is 0 Å². The van der Waals surface area contributed by atoms with Crippen molar-refractivity contribution in [2.75, 3.05) is 85.3 Å². The molecule has 0 radical (unpaired) electrons. The summed E-state index contributed by atoms with van der Waals surface area (Å²) < 4.78 is 166. The quantitative estimate of drug-likeness (QED) is 0.165. The molecule has 36 heavy (non-hydrogen) atoms. The lowest BCUT2D eigenvalue weighted by Gasteiger charge is -1.94. The summed E-state index contributed by atoms with van der Waals surface area (Å²) in [6, 6.07) is 0. The molecule has 0 rings (SSSR count). The molecule has 0 aliphatic heterocycles. The first-order valence-corrected chi connectivity index (χ1v) is 8.39. The summed E-state index contributed by atoms with van der Waals surface area (Å²) in [4.78, 5) is 0. The zero-order chi connectivity index (χ0) is 32.3. The molecule has 0 unspecified atom stereocenters. The molecule has 0 aliphatic rings. The second-order valence-electron chi connectivity index (χ2n) is 6.88. The Morgan fingerprint density at radius 2 is 0.222 bits per heavy atom. The van der Waals surface area contributed by atoms with Crippen LogP contribution < -0.4 is 0 Å². The van der Waals surface area contributed by atoms with Gasteiger partial charge in [0.15, 0.2) is 0 Å². The van der Waals surface area contributed by atoms with Crippen molar-refractivity contribution in [1.29, 1.82) is 0 Å². The summed E-state index contributed by atoms with van der Waals surface area (Å²) in [6.07, 6.45) is 0. The first kappa shape index (κ1) is 55.5. The average Bonchev–Trinajstić information content (AvgIpc) is 2.24. The molecule has 0 bridgehead atoms. The van der Waals surface area contributed by atoms with Gasteiger partial charge in [-0.25, -0.2) is 0 Å². The third kappa shape index (κ3) is 32400. The van der Waals surface area contributed by atoms with E-state index in [9.17, 15) is 69.1 Å². The van der Waals surface area contributed by atoms with E-state index in [0.717, 1.165) is 0 Å². The van der Waals surface area contributed by atoms with Crippen molar-refractivity contribution in [2.45, 2.75) is 0 Å². The van der Waals surface area contributed by atoms with Crippen molar-refractivity contribution in [1.82, 2.24) is 0 Å². The summed E-state index contributed by atoms with van der Waals surface area (Å²) in [5, 5.41) is 0. The lowest BCUT2D eigenvalue weighted by molar-refractivity contribution is -0.00282. The molecule has 232 valence electrons. The summed E-state index contributed by atoms with van der Waals surface area (Å²) in [5.74, 6) is 0. The molecule has 0 saturated carbocycles. The van der Waals surface area contributed by atoms with Crippen molar-refractivity contribution in [3.8, 4) is 0 Å². The molecule has 0 heterocycles. The largest absolute Gasteiger partial charge is 0.673 e. The first-order valence-electron chi connectivity index (χ1n) is 8.39. The third-order valence-corrected chi connectivity index (χ3v) is 0. The highest BCUT2D eigenvalue weighted by atomic mass is 19.5. The molecule has 0 spiro atoms. The molecular formula is C12H36B4F16O4. The van der Waals surface area contributed by atoms with Crippen molar-refractivity contribution in [3.63, 3.8) is 0 Å². The Labute approximate surface area is 202 Å². The number of hydrogen-bond acceptors (Lipinski definition) is 0. The van der Waals surface area contributed by atoms with Crippen molar-refractivity contribution in [2.24, 2.45) is 0 Å². The summed E-state index contributed by atoms with van der Waals surface area (Å²) in [7, 11) is -1.00. The third-order valence-electron chi connectivity index (χ3n) is 0. The van der Waals surface area contributed by atoms with E-state index in [0.29, 0.717) is 0 Å². The number of rotatable bonds is 0. The molecule has 0 aromatic rings. The van der Waals surface area contributed by atoms with E-state index >= 15 is 0 Å². The van der Waals surface area contributed by atoms with Crippen LogP contribution in [0.15, 0.2) is 0 Å². The molecular weight excluding hydrogens is 555 g/mol. The highest BCUT2D eigenvalue weighted by Gasteiger charge is 2.21. The van der Waals surface area contributed by atoms with Crippen LogP contribution in [0.3, 0.4) is 0 Å². The van der Waals surface area contributed by atoms with Crippen LogP contribution in [0.5, 0.6) is 0 Å². The van der Waals surface area contributed by atoms with E-state index in [1.165, 1.54) is 0 Å². The summed E-state index contributed by atoms with van der Waals surface area (Å²) >= 11 is 0. The Kier molecular flexibility index (Phi) is 46.6. The highest BCUT2D eigenvalue weighted by Crippen LogP contribution is 2.08. The van der Waals surface area contributed by atoms with E-state index in [1.807, 2.05) is 85.3 Å². The van der Waals surface area contributed by atoms with Gasteiger partial charge in [-0.2, -0.15) is 0 Å². The van der Waals surface area contributed by atoms with Gasteiger partial charge in [0, 0.05) is 0 Å². The van der Waals surface area contributed by atoms with Crippen molar-refractivity contribution >= 4 is 29.0 Å². The minimum Gasteiger partial charge on any atom is -0.429 e. The Morgan fingerprint density at radius 3 is 0.222 bits per heavy atom. The standard InChI is InChI=1S/4C3H9O.4BF4/c4*1-4(2)3;4*2-1(3,4)5/h4*1-3H3;;;;/q4*+1;4*-1. The molecule has 0 aliphatic carbocycles. The van der Waals surface area contributed by atoms with Crippen molar-refractivity contribution in [3.05, 3.63) is 0 Å². The molecule has 4 nitrogen and oxygen atoms in total. The molecule has 0 saturated heterocycles. The Balaban J connectivity index is -0.0000000416. The SMILES string of the molecule is C[O+](C)C.C[O+](C)C.C[O+](C)C.C[O+](C)C.F[B-](F)(F)F.F[B-](F)(F)F.F[B-](F)(F)F.F[B-](F)(F)F. The molecule has 0 N–H and O–H groups in total. The van der Waals surface area contributed by atoms with Crippen molar-refractivity contribution < 1.29 is 86.5 Å². The highest BCUT2D eigenvalue weighted by molar-refractivity contribution is 6.50. The van der Waals surface area contributed by atoms with Gasteiger partial charge in [0.25, 0.3) is 0 Å².